The molecule has 1 atom stereocenters. The molecule has 1 aliphatic heterocycles. The molecule has 1 N–H and O–H groups in total. The van der Waals surface area contributed by atoms with Crippen LogP contribution in [0.4, 0.5) is 0 Å². The van der Waals surface area contributed by atoms with Gasteiger partial charge in [-0.1, -0.05) is 12.1 Å². The highest BCUT2D eigenvalue weighted by Gasteiger charge is 2.30. The molecule has 0 unspecified atom stereocenters. The summed E-state index contributed by atoms with van der Waals surface area (Å²) in [4.78, 5) is 10.9. The Labute approximate surface area is 125 Å². The van der Waals surface area contributed by atoms with E-state index in [1.54, 1.807) is 24.3 Å². The molecule has 0 amide bonds. The van der Waals surface area contributed by atoms with E-state index in [1.165, 1.54) is 22.7 Å². The van der Waals surface area contributed by atoms with Crippen LogP contribution in [0.15, 0.2) is 24.3 Å². The molecule has 1 fully saturated rings. The van der Waals surface area contributed by atoms with Gasteiger partial charge in [0.1, 0.15) is 0 Å². The van der Waals surface area contributed by atoms with Crippen molar-refractivity contribution in [3.63, 3.8) is 0 Å². The smallest absolute Gasteiger partial charge is 0.335 e. The highest BCUT2D eigenvalue weighted by atomic mass is 32.2. The normalized spacial score (nSPS) is 20.6. The standard InChI is InChI=1S/C14H20N2O4S/c1-15(2)21(19,20)16-9-3-4-13(10-16)11-5-7-12(8-6-11)14(17)18/h5-8,13H,3-4,9-10H2,1-2H3,(H,17,18)/t13-/m0/s1. The van der Waals surface area contributed by atoms with Gasteiger partial charge in [-0.2, -0.15) is 17.0 Å². The van der Waals surface area contributed by atoms with Gasteiger partial charge >= 0.3 is 5.97 Å². The van der Waals surface area contributed by atoms with Crippen LogP contribution in [0.3, 0.4) is 0 Å². The minimum Gasteiger partial charge on any atom is -0.478 e. The van der Waals surface area contributed by atoms with Gasteiger partial charge in [0.25, 0.3) is 10.2 Å². The van der Waals surface area contributed by atoms with Crippen molar-refractivity contribution >= 4 is 16.2 Å². The summed E-state index contributed by atoms with van der Waals surface area (Å²) in [5.41, 5.74) is 1.23. The molecule has 21 heavy (non-hydrogen) atoms. The Hall–Kier alpha value is -1.44. The third-order valence-corrected chi connectivity index (χ3v) is 5.71. The second-order valence-electron chi connectivity index (χ2n) is 5.41. The first-order chi connectivity index (χ1) is 9.82. The van der Waals surface area contributed by atoms with Crippen molar-refractivity contribution in [2.24, 2.45) is 0 Å². The van der Waals surface area contributed by atoms with Crippen molar-refractivity contribution in [2.75, 3.05) is 27.2 Å². The molecule has 6 nitrogen and oxygen atoms in total. The van der Waals surface area contributed by atoms with Crippen LogP contribution in [-0.2, 0) is 10.2 Å². The number of carboxylic acids is 1. The number of hydrogen-bond donors (Lipinski definition) is 1. The van der Waals surface area contributed by atoms with Crippen molar-refractivity contribution in [1.29, 1.82) is 0 Å². The topological polar surface area (TPSA) is 77.9 Å². The number of piperidine rings is 1. The second kappa shape index (κ2) is 6.13. The van der Waals surface area contributed by atoms with E-state index >= 15 is 0 Å². The van der Waals surface area contributed by atoms with Gasteiger partial charge in [-0.25, -0.2) is 4.79 Å². The number of benzene rings is 1. The Bertz CT molecular complexity index is 610. The molecule has 1 aromatic rings. The maximum absolute atomic E-state index is 12.2. The molecule has 0 aliphatic carbocycles. The monoisotopic (exact) mass is 312 g/mol. The van der Waals surface area contributed by atoms with E-state index in [9.17, 15) is 13.2 Å². The number of nitrogens with zero attached hydrogens (tertiary/aromatic N) is 2. The summed E-state index contributed by atoms with van der Waals surface area (Å²) in [6.45, 7) is 0.969. The average Bonchev–Trinajstić information content (AvgIpc) is 2.47. The maximum atomic E-state index is 12.2. The van der Waals surface area contributed by atoms with Crippen LogP contribution in [0, 0.1) is 0 Å². The number of aromatic carboxylic acids is 1. The van der Waals surface area contributed by atoms with Crippen LogP contribution in [0.25, 0.3) is 0 Å². The molecule has 0 bridgehead atoms. The number of carboxylic acid groups (broad SMARTS) is 1. The zero-order chi connectivity index (χ0) is 15.6. The Morgan fingerprint density at radius 3 is 2.43 bits per heavy atom. The Morgan fingerprint density at radius 1 is 1.29 bits per heavy atom. The highest BCUT2D eigenvalue weighted by Crippen LogP contribution is 2.28. The first-order valence-electron chi connectivity index (χ1n) is 6.83. The summed E-state index contributed by atoms with van der Waals surface area (Å²) in [6, 6.07) is 6.69. The minimum absolute atomic E-state index is 0.108. The lowest BCUT2D eigenvalue weighted by molar-refractivity contribution is 0.0697. The van der Waals surface area contributed by atoms with Crippen LogP contribution in [0.5, 0.6) is 0 Å². The highest BCUT2D eigenvalue weighted by molar-refractivity contribution is 7.86. The van der Waals surface area contributed by atoms with Gasteiger partial charge in [0.05, 0.1) is 5.56 Å². The van der Waals surface area contributed by atoms with E-state index in [0.717, 1.165) is 18.4 Å². The van der Waals surface area contributed by atoms with Crippen molar-refractivity contribution in [1.82, 2.24) is 8.61 Å². The first kappa shape index (κ1) is 15.9. The maximum Gasteiger partial charge on any atom is 0.335 e. The SMILES string of the molecule is CN(C)S(=O)(=O)N1CCC[C@H](c2ccc(C(=O)O)cc2)C1. The summed E-state index contributed by atoms with van der Waals surface area (Å²) in [5, 5.41) is 8.90. The van der Waals surface area contributed by atoms with Crippen molar-refractivity contribution in [2.45, 2.75) is 18.8 Å². The third kappa shape index (κ3) is 3.42. The molecule has 0 saturated carbocycles. The number of rotatable bonds is 4. The van der Waals surface area contributed by atoms with Crippen LogP contribution >= 0.6 is 0 Å². The van der Waals surface area contributed by atoms with E-state index in [2.05, 4.69) is 0 Å². The predicted octanol–water partition coefficient (Wildman–Crippen LogP) is 1.37. The Kier molecular flexibility index (Phi) is 4.65. The van der Waals surface area contributed by atoms with E-state index < -0.39 is 16.2 Å². The van der Waals surface area contributed by atoms with E-state index in [4.69, 9.17) is 5.11 Å². The molecule has 0 radical (unpaired) electrons. The van der Waals surface area contributed by atoms with Crippen LogP contribution in [-0.4, -0.2) is 55.3 Å². The van der Waals surface area contributed by atoms with Gasteiger partial charge in [0.15, 0.2) is 0 Å². The molecule has 1 heterocycles. The summed E-state index contributed by atoms with van der Waals surface area (Å²) in [6.07, 6.45) is 1.71. The van der Waals surface area contributed by atoms with Crippen LogP contribution in [0.2, 0.25) is 0 Å². The summed E-state index contributed by atoms with van der Waals surface area (Å²) >= 11 is 0. The van der Waals surface area contributed by atoms with Gasteiger partial charge in [0, 0.05) is 27.2 Å². The fraction of sp³-hybridized carbons (Fsp3) is 0.500. The minimum atomic E-state index is -3.39. The van der Waals surface area contributed by atoms with Gasteiger partial charge in [-0.3, -0.25) is 0 Å². The van der Waals surface area contributed by atoms with Gasteiger partial charge in [-0.05, 0) is 36.5 Å². The summed E-state index contributed by atoms with van der Waals surface area (Å²) in [7, 11) is -0.333. The quantitative estimate of drug-likeness (QED) is 0.911. The Morgan fingerprint density at radius 2 is 1.90 bits per heavy atom. The Balaban J connectivity index is 2.16. The molecule has 116 valence electrons. The zero-order valence-electron chi connectivity index (χ0n) is 12.2. The number of hydrogen-bond acceptors (Lipinski definition) is 3. The summed E-state index contributed by atoms with van der Waals surface area (Å²) in [5.74, 6) is -0.849. The fourth-order valence-electron chi connectivity index (χ4n) is 2.55. The molecule has 2 rings (SSSR count). The lowest BCUT2D eigenvalue weighted by Crippen LogP contribution is -2.44. The molecule has 0 spiro atoms. The predicted molar refractivity (Wildman–Crippen MR) is 79.6 cm³/mol. The average molecular weight is 312 g/mol. The van der Waals surface area contributed by atoms with Crippen molar-refractivity contribution in [3.05, 3.63) is 35.4 Å². The van der Waals surface area contributed by atoms with E-state index in [0.29, 0.717) is 13.1 Å². The van der Waals surface area contributed by atoms with Crippen molar-refractivity contribution in [3.8, 4) is 0 Å². The van der Waals surface area contributed by atoms with E-state index in [-0.39, 0.29) is 11.5 Å². The molecule has 7 heteroatoms. The largest absolute Gasteiger partial charge is 0.478 e. The van der Waals surface area contributed by atoms with Crippen LogP contribution in [0.1, 0.15) is 34.7 Å². The molecule has 1 aliphatic rings. The van der Waals surface area contributed by atoms with E-state index in [1.807, 2.05) is 0 Å². The lowest BCUT2D eigenvalue weighted by Gasteiger charge is -2.33. The molecular weight excluding hydrogens is 292 g/mol. The van der Waals surface area contributed by atoms with Gasteiger partial charge in [0.2, 0.25) is 0 Å². The third-order valence-electron chi connectivity index (χ3n) is 3.80. The van der Waals surface area contributed by atoms with Crippen LogP contribution < -0.4 is 0 Å². The zero-order valence-corrected chi connectivity index (χ0v) is 13.0. The summed E-state index contributed by atoms with van der Waals surface area (Å²) < 4.78 is 27.1. The van der Waals surface area contributed by atoms with Gasteiger partial charge < -0.3 is 5.11 Å². The molecule has 1 saturated heterocycles. The molecular formula is C14H20N2O4S. The van der Waals surface area contributed by atoms with Crippen molar-refractivity contribution < 1.29 is 18.3 Å². The second-order valence-corrected chi connectivity index (χ2v) is 7.56. The van der Waals surface area contributed by atoms with Gasteiger partial charge in [-0.15, -0.1) is 0 Å². The molecule has 0 aromatic heterocycles. The number of carbonyl (C=O) groups is 1. The fourth-order valence-corrected chi connectivity index (χ4v) is 3.74. The lowest BCUT2D eigenvalue weighted by atomic mass is 9.91. The molecule has 1 aromatic carbocycles. The first-order valence-corrected chi connectivity index (χ1v) is 8.23.